The number of aliphatic hydroxyl groups excluding tert-OH is 1. The van der Waals surface area contributed by atoms with Crippen molar-refractivity contribution in [3.05, 3.63) is 35.8 Å². The van der Waals surface area contributed by atoms with Gasteiger partial charge in [0.1, 0.15) is 11.3 Å². The molecular formula is C15H20N4O2. The number of carbonyl (C=O) groups excluding carboxylic acids is 1. The molecular weight excluding hydrogens is 268 g/mol. The summed E-state index contributed by atoms with van der Waals surface area (Å²) < 4.78 is 1.94. The van der Waals surface area contributed by atoms with Crippen LogP contribution in [0.2, 0.25) is 0 Å². The van der Waals surface area contributed by atoms with Crippen molar-refractivity contribution in [3.63, 3.8) is 0 Å². The lowest BCUT2D eigenvalue weighted by molar-refractivity contribution is 0.0610. The SMILES string of the molecule is Cc1cccc2nc(C(=O)N3CCN(CCO)CC3)cn12. The molecule has 1 aliphatic rings. The van der Waals surface area contributed by atoms with Crippen molar-refractivity contribution in [1.29, 1.82) is 0 Å². The van der Waals surface area contributed by atoms with E-state index in [9.17, 15) is 4.79 Å². The van der Waals surface area contributed by atoms with E-state index in [-0.39, 0.29) is 12.5 Å². The molecule has 112 valence electrons. The summed E-state index contributed by atoms with van der Waals surface area (Å²) in [6, 6.07) is 5.85. The number of amides is 1. The van der Waals surface area contributed by atoms with Crippen LogP contribution in [0.15, 0.2) is 24.4 Å². The highest BCUT2D eigenvalue weighted by atomic mass is 16.3. The van der Waals surface area contributed by atoms with Crippen LogP contribution in [0.5, 0.6) is 0 Å². The highest BCUT2D eigenvalue weighted by Gasteiger charge is 2.23. The molecule has 2 aromatic rings. The molecule has 1 aliphatic heterocycles. The summed E-state index contributed by atoms with van der Waals surface area (Å²) >= 11 is 0. The normalized spacial score (nSPS) is 16.6. The number of aryl methyl sites for hydroxylation is 1. The molecule has 1 saturated heterocycles. The highest BCUT2D eigenvalue weighted by molar-refractivity contribution is 5.93. The number of rotatable bonds is 3. The number of aliphatic hydroxyl groups is 1. The lowest BCUT2D eigenvalue weighted by Crippen LogP contribution is -2.49. The minimum Gasteiger partial charge on any atom is -0.395 e. The average molecular weight is 288 g/mol. The van der Waals surface area contributed by atoms with Gasteiger partial charge in [-0.25, -0.2) is 4.98 Å². The number of fused-ring (bicyclic) bond motifs is 1. The van der Waals surface area contributed by atoms with Gasteiger partial charge in [-0.1, -0.05) is 6.07 Å². The molecule has 2 aromatic heterocycles. The Morgan fingerprint density at radius 2 is 2.05 bits per heavy atom. The van der Waals surface area contributed by atoms with Gasteiger partial charge in [-0.05, 0) is 19.1 Å². The van der Waals surface area contributed by atoms with E-state index in [1.54, 1.807) is 0 Å². The molecule has 0 aromatic carbocycles. The summed E-state index contributed by atoms with van der Waals surface area (Å²) in [6.45, 7) is 5.82. The summed E-state index contributed by atoms with van der Waals surface area (Å²) in [5.41, 5.74) is 2.36. The molecule has 1 N–H and O–H groups in total. The standard InChI is InChI=1S/C15H20N4O2/c1-12-3-2-4-14-16-13(11-19(12)14)15(21)18-7-5-17(6-8-18)9-10-20/h2-4,11,20H,5-10H2,1H3. The van der Waals surface area contributed by atoms with Crippen molar-refractivity contribution in [2.45, 2.75) is 6.92 Å². The molecule has 0 unspecified atom stereocenters. The number of piperazine rings is 1. The number of hydrogen-bond acceptors (Lipinski definition) is 4. The zero-order chi connectivity index (χ0) is 14.8. The summed E-state index contributed by atoms with van der Waals surface area (Å²) in [4.78, 5) is 21.0. The Bertz CT molecular complexity index is 644. The van der Waals surface area contributed by atoms with Crippen LogP contribution < -0.4 is 0 Å². The molecule has 0 atom stereocenters. The third-order valence-electron chi connectivity index (χ3n) is 3.99. The third kappa shape index (κ3) is 2.77. The number of β-amino-alcohol motifs (C(OH)–C–C–N with tert-alkyl or cyclic N) is 1. The Hall–Kier alpha value is -1.92. The van der Waals surface area contributed by atoms with Gasteiger partial charge in [0.2, 0.25) is 0 Å². The van der Waals surface area contributed by atoms with Gasteiger partial charge in [-0.3, -0.25) is 9.69 Å². The molecule has 0 saturated carbocycles. The fourth-order valence-electron chi connectivity index (χ4n) is 2.73. The number of hydrogen-bond donors (Lipinski definition) is 1. The fourth-order valence-corrected chi connectivity index (χ4v) is 2.73. The minimum atomic E-state index is -0.0123. The molecule has 6 nitrogen and oxygen atoms in total. The number of imidazole rings is 1. The zero-order valence-corrected chi connectivity index (χ0v) is 12.2. The number of nitrogens with zero attached hydrogens (tertiary/aromatic N) is 4. The van der Waals surface area contributed by atoms with Crippen LogP contribution in [0.4, 0.5) is 0 Å². The second kappa shape index (κ2) is 5.83. The van der Waals surface area contributed by atoms with E-state index >= 15 is 0 Å². The minimum absolute atomic E-state index is 0.0123. The molecule has 1 amide bonds. The van der Waals surface area contributed by atoms with Crippen molar-refractivity contribution < 1.29 is 9.90 Å². The van der Waals surface area contributed by atoms with Crippen molar-refractivity contribution in [1.82, 2.24) is 19.2 Å². The first-order valence-corrected chi connectivity index (χ1v) is 7.26. The second-order valence-corrected chi connectivity index (χ2v) is 5.38. The van der Waals surface area contributed by atoms with Gasteiger partial charge in [-0.2, -0.15) is 0 Å². The highest BCUT2D eigenvalue weighted by Crippen LogP contribution is 2.12. The Balaban J connectivity index is 1.74. The van der Waals surface area contributed by atoms with Crippen LogP contribution in [-0.4, -0.2) is 69.5 Å². The van der Waals surface area contributed by atoms with E-state index in [0.717, 1.165) is 24.4 Å². The van der Waals surface area contributed by atoms with Gasteiger partial charge in [0, 0.05) is 44.6 Å². The van der Waals surface area contributed by atoms with Crippen LogP contribution >= 0.6 is 0 Å². The molecule has 0 aliphatic carbocycles. The monoisotopic (exact) mass is 288 g/mol. The summed E-state index contributed by atoms with van der Waals surface area (Å²) in [5.74, 6) is -0.0123. The fraction of sp³-hybridized carbons (Fsp3) is 0.467. The quantitative estimate of drug-likeness (QED) is 0.888. The Morgan fingerprint density at radius 1 is 1.29 bits per heavy atom. The predicted octanol–water partition coefficient (Wildman–Crippen LogP) is 0.393. The van der Waals surface area contributed by atoms with E-state index in [0.29, 0.717) is 25.3 Å². The van der Waals surface area contributed by atoms with E-state index < -0.39 is 0 Å². The van der Waals surface area contributed by atoms with Gasteiger partial charge in [0.15, 0.2) is 0 Å². The zero-order valence-electron chi connectivity index (χ0n) is 12.2. The van der Waals surface area contributed by atoms with Crippen LogP contribution in [0.1, 0.15) is 16.2 Å². The van der Waals surface area contributed by atoms with Crippen LogP contribution in [0.25, 0.3) is 5.65 Å². The Labute approximate surface area is 123 Å². The molecule has 21 heavy (non-hydrogen) atoms. The van der Waals surface area contributed by atoms with Crippen molar-refractivity contribution in [2.75, 3.05) is 39.3 Å². The largest absolute Gasteiger partial charge is 0.395 e. The van der Waals surface area contributed by atoms with Gasteiger partial charge >= 0.3 is 0 Å². The summed E-state index contributed by atoms with van der Waals surface area (Å²) in [5, 5.41) is 8.94. The van der Waals surface area contributed by atoms with E-state index in [2.05, 4.69) is 9.88 Å². The Morgan fingerprint density at radius 3 is 2.71 bits per heavy atom. The first kappa shape index (κ1) is 14.0. The number of carbonyl (C=O) groups is 1. The number of pyridine rings is 1. The summed E-state index contributed by atoms with van der Waals surface area (Å²) in [6.07, 6.45) is 1.81. The molecule has 3 heterocycles. The van der Waals surface area contributed by atoms with E-state index in [1.807, 2.05) is 40.6 Å². The molecule has 0 radical (unpaired) electrons. The van der Waals surface area contributed by atoms with Gasteiger partial charge in [0.05, 0.1) is 6.61 Å². The van der Waals surface area contributed by atoms with Crippen LogP contribution in [0, 0.1) is 6.92 Å². The van der Waals surface area contributed by atoms with E-state index in [1.165, 1.54) is 0 Å². The Kier molecular flexibility index (Phi) is 3.90. The van der Waals surface area contributed by atoms with Crippen LogP contribution in [0.3, 0.4) is 0 Å². The van der Waals surface area contributed by atoms with Gasteiger partial charge < -0.3 is 14.4 Å². The van der Waals surface area contributed by atoms with Gasteiger partial charge in [0.25, 0.3) is 5.91 Å². The summed E-state index contributed by atoms with van der Waals surface area (Å²) in [7, 11) is 0. The second-order valence-electron chi connectivity index (χ2n) is 5.38. The maximum atomic E-state index is 12.5. The van der Waals surface area contributed by atoms with Crippen LogP contribution in [-0.2, 0) is 0 Å². The third-order valence-corrected chi connectivity index (χ3v) is 3.99. The maximum Gasteiger partial charge on any atom is 0.274 e. The first-order chi connectivity index (χ1) is 10.2. The van der Waals surface area contributed by atoms with Crippen molar-refractivity contribution in [3.8, 4) is 0 Å². The lowest BCUT2D eigenvalue weighted by Gasteiger charge is -2.33. The van der Waals surface area contributed by atoms with Crippen molar-refractivity contribution >= 4 is 11.6 Å². The molecule has 3 rings (SSSR count). The molecule has 0 bridgehead atoms. The molecule has 0 spiro atoms. The first-order valence-electron chi connectivity index (χ1n) is 7.26. The van der Waals surface area contributed by atoms with E-state index in [4.69, 9.17) is 5.11 Å². The maximum absolute atomic E-state index is 12.5. The average Bonchev–Trinajstić information content (AvgIpc) is 2.93. The number of aromatic nitrogens is 2. The topological polar surface area (TPSA) is 61.1 Å². The lowest BCUT2D eigenvalue weighted by atomic mass is 10.3. The predicted molar refractivity (Wildman–Crippen MR) is 79.4 cm³/mol. The molecule has 6 heteroatoms. The smallest absolute Gasteiger partial charge is 0.274 e. The van der Waals surface area contributed by atoms with Crippen molar-refractivity contribution in [2.24, 2.45) is 0 Å². The molecule has 1 fully saturated rings. The van der Waals surface area contributed by atoms with Gasteiger partial charge in [-0.15, -0.1) is 0 Å².